The van der Waals surface area contributed by atoms with Gasteiger partial charge in [0.05, 0.1) is 0 Å². The molecule has 0 aromatic carbocycles. The molecule has 1 heterocycles. The zero-order valence-electron chi connectivity index (χ0n) is 5.51. The van der Waals surface area contributed by atoms with Crippen molar-refractivity contribution < 1.29 is 14.3 Å². The predicted octanol–water partition coefficient (Wildman–Crippen LogP) is 2.23. The van der Waals surface area contributed by atoms with Crippen LogP contribution in [0.4, 0.5) is 4.39 Å². The van der Waals surface area contributed by atoms with Gasteiger partial charge in [-0.2, -0.15) is 0 Å². The van der Waals surface area contributed by atoms with E-state index in [9.17, 15) is 9.18 Å². The largest absolute Gasteiger partial charge is 0.477 e. The Bertz CT molecular complexity index is 319. The molecular weight excluding hydrogens is 208 g/mol. The Balaban J connectivity index is 3.38. The summed E-state index contributed by atoms with van der Waals surface area (Å²) in [4.78, 5) is 13.7. The molecule has 1 rings (SSSR count). The maximum absolute atomic E-state index is 12.8. The zero-order valence-corrected chi connectivity index (χ0v) is 7.03. The van der Waals surface area contributed by atoms with Crippen molar-refractivity contribution in [2.24, 2.45) is 0 Å². The number of carboxylic acids is 1. The van der Waals surface area contributed by atoms with E-state index in [1.54, 1.807) is 0 Å². The number of pyridine rings is 1. The second-order valence-corrected chi connectivity index (χ2v) is 2.64. The van der Waals surface area contributed by atoms with E-state index in [0.29, 0.717) is 0 Å². The van der Waals surface area contributed by atoms with Gasteiger partial charge in [0, 0.05) is 6.07 Å². The number of aromatic nitrogens is 1. The van der Waals surface area contributed by atoms with Crippen molar-refractivity contribution in [2.45, 2.75) is 0 Å². The standard InChI is InChI=1S/C6H2Cl2FNO2/c7-3-1-2(9)4(6(11)12)5(8)10-3/h1H,(H,11,12). The van der Waals surface area contributed by atoms with E-state index in [-0.39, 0.29) is 5.15 Å². The number of halogens is 3. The van der Waals surface area contributed by atoms with E-state index < -0.39 is 22.5 Å². The SMILES string of the molecule is O=C(O)c1c(F)cc(Cl)nc1Cl. The van der Waals surface area contributed by atoms with Gasteiger partial charge in [-0.1, -0.05) is 23.2 Å². The molecule has 1 aromatic heterocycles. The van der Waals surface area contributed by atoms with Crippen LogP contribution in [0.15, 0.2) is 6.07 Å². The fraction of sp³-hybridized carbons (Fsp3) is 0. The highest BCUT2D eigenvalue weighted by Crippen LogP contribution is 2.20. The number of aromatic carboxylic acids is 1. The van der Waals surface area contributed by atoms with Crippen molar-refractivity contribution in [3.63, 3.8) is 0 Å². The van der Waals surface area contributed by atoms with Crippen molar-refractivity contribution in [1.29, 1.82) is 0 Å². The lowest BCUT2D eigenvalue weighted by Crippen LogP contribution is -2.03. The van der Waals surface area contributed by atoms with Gasteiger partial charge in [-0.05, 0) is 0 Å². The highest BCUT2D eigenvalue weighted by atomic mass is 35.5. The molecule has 12 heavy (non-hydrogen) atoms. The van der Waals surface area contributed by atoms with E-state index in [1.807, 2.05) is 0 Å². The van der Waals surface area contributed by atoms with Crippen molar-refractivity contribution in [1.82, 2.24) is 4.98 Å². The molecule has 0 spiro atoms. The summed E-state index contributed by atoms with van der Waals surface area (Å²) >= 11 is 10.6. The Hall–Kier alpha value is -0.870. The average molecular weight is 210 g/mol. The summed E-state index contributed by atoms with van der Waals surface area (Å²) in [7, 11) is 0. The molecule has 0 aliphatic carbocycles. The van der Waals surface area contributed by atoms with Crippen molar-refractivity contribution in [2.75, 3.05) is 0 Å². The second-order valence-electron chi connectivity index (χ2n) is 1.90. The topological polar surface area (TPSA) is 50.2 Å². The van der Waals surface area contributed by atoms with Crippen LogP contribution in [0.1, 0.15) is 10.4 Å². The molecule has 0 aliphatic heterocycles. The first-order valence-electron chi connectivity index (χ1n) is 2.77. The Morgan fingerprint density at radius 3 is 2.58 bits per heavy atom. The van der Waals surface area contributed by atoms with Crippen LogP contribution in [0.25, 0.3) is 0 Å². The van der Waals surface area contributed by atoms with Crippen LogP contribution in [-0.2, 0) is 0 Å². The van der Waals surface area contributed by atoms with Gasteiger partial charge in [-0.15, -0.1) is 0 Å². The quantitative estimate of drug-likeness (QED) is 0.723. The summed E-state index contributed by atoms with van der Waals surface area (Å²) in [6, 6.07) is 0.789. The Morgan fingerprint density at radius 1 is 1.58 bits per heavy atom. The minimum atomic E-state index is -1.47. The third-order valence-electron chi connectivity index (χ3n) is 1.11. The van der Waals surface area contributed by atoms with Crippen LogP contribution in [0.3, 0.4) is 0 Å². The molecule has 0 saturated carbocycles. The number of hydrogen-bond acceptors (Lipinski definition) is 2. The number of rotatable bonds is 1. The molecule has 0 bridgehead atoms. The molecule has 0 amide bonds. The summed E-state index contributed by atoms with van der Waals surface area (Å²) in [5.41, 5.74) is -0.666. The lowest BCUT2D eigenvalue weighted by Gasteiger charge is -1.99. The van der Waals surface area contributed by atoms with Gasteiger partial charge < -0.3 is 5.11 Å². The van der Waals surface area contributed by atoms with E-state index in [1.165, 1.54) is 0 Å². The van der Waals surface area contributed by atoms with E-state index in [2.05, 4.69) is 4.98 Å². The lowest BCUT2D eigenvalue weighted by molar-refractivity contribution is 0.0691. The summed E-state index contributed by atoms with van der Waals surface area (Å²) in [6.45, 7) is 0. The molecule has 0 aliphatic rings. The van der Waals surface area contributed by atoms with Crippen molar-refractivity contribution in [3.8, 4) is 0 Å². The minimum absolute atomic E-state index is 0.178. The summed E-state index contributed by atoms with van der Waals surface area (Å²) in [6.07, 6.45) is 0. The van der Waals surface area contributed by atoms with Gasteiger partial charge >= 0.3 is 5.97 Å². The molecule has 0 fully saturated rings. The minimum Gasteiger partial charge on any atom is -0.477 e. The van der Waals surface area contributed by atoms with E-state index >= 15 is 0 Å². The average Bonchev–Trinajstić information content (AvgIpc) is 1.82. The van der Waals surface area contributed by atoms with E-state index in [0.717, 1.165) is 6.07 Å². The van der Waals surface area contributed by atoms with Crippen LogP contribution < -0.4 is 0 Å². The lowest BCUT2D eigenvalue weighted by atomic mass is 10.3. The predicted molar refractivity (Wildman–Crippen MR) is 41.2 cm³/mol. The number of nitrogens with zero attached hydrogens (tertiary/aromatic N) is 1. The molecule has 64 valence electrons. The zero-order chi connectivity index (χ0) is 9.30. The first-order chi connectivity index (χ1) is 5.52. The molecule has 6 heteroatoms. The van der Waals surface area contributed by atoms with Gasteiger partial charge in [0.1, 0.15) is 21.7 Å². The highest BCUT2D eigenvalue weighted by Gasteiger charge is 2.16. The first kappa shape index (κ1) is 9.22. The van der Waals surface area contributed by atoms with Gasteiger partial charge in [0.15, 0.2) is 0 Å². The first-order valence-corrected chi connectivity index (χ1v) is 3.53. The molecule has 0 unspecified atom stereocenters. The van der Waals surface area contributed by atoms with Crippen LogP contribution >= 0.6 is 23.2 Å². The molecule has 1 N–H and O–H groups in total. The maximum atomic E-state index is 12.8. The monoisotopic (exact) mass is 209 g/mol. The van der Waals surface area contributed by atoms with Gasteiger partial charge in [-0.3, -0.25) is 0 Å². The molecule has 0 atom stereocenters. The Morgan fingerprint density at radius 2 is 2.17 bits per heavy atom. The molecule has 1 aromatic rings. The van der Waals surface area contributed by atoms with Crippen LogP contribution in [0, 0.1) is 5.82 Å². The Kier molecular flexibility index (Phi) is 2.49. The molecule has 0 saturated heterocycles. The van der Waals surface area contributed by atoms with E-state index in [4.69, 9.17) is 28.3 Å². The van der Waals surface area contributed by atoms with Crippen molar-refractivity contribution in [3.05, 3.63) is 27.8 Å². The number of hydrogen-bond donors (Lipinski definition) is 1. The second kappa shape index (κ2) is 3.25. The van der Waals surface area contributed by atoms with Gasteiger partial charge in [0.2, 0.25) is 0 Å². The van der Waals surface area contributed by atoms with Crippen LogP contribution in [-0.4, -0.2) is 16.1 Å². The maximum Gasteiger partial charge on any atom is 0.341 e. The smallest absolute Gasteiger partial charge is 0.341 e. The molecule has 3 nitrogen and oxygen atoms in total. The van der Waals surface area contributed by atoms with Crippen molar-refractivity contribution >= 4 is 29.2 Å². The van der Waals surface area contributed by atoms with Crippen LogP contribution in [0.2, 0.25) is 10.3 Å². The summed E-state index contributed by atoms with van der Waals surface area (Å²) in [5, 5.41) is 7.80. The highest BCUT2D eigenvalue weighted by molar-refractivity contribution is 6.34. The molecule has 0 radical (unpaired) electrons. The summed E-state index contributed by atoms with van der Waals surface area (Å²) in [5.74, 6) is -2.46. The Labute approximate surface area is 76.7 Å². The normalized spacial score (nSPS) is 9.92. The van der Waals surface area contributed by atoms with Crippen LogP contribution in [0.5, 0.6) is 0 Å². The third kappa shape index (κ3) is 1.65. The summed E-state index contributed by atoms with van der Waals surface area (Å²) < 4.78 is 12.8. The van der Waals surface area contributed by atoms with Gasteiger partial charge in [0.25, 0.3) is 0 Å². The fourth-order valence-corrected chi connectivity index (χ4v) is 1.13. The third-order valence-corrected chi connectivity index (χ3v) is 1.58. The number of carbonyl (C=O) groups is 1. The fourth-order valence-electron chi connectivity index (χ4n) is 0.648. The number of carboxylic acid groups (broad SMARTS) is 1. The van der Waals surface area contributed by atoms with Gasteiger partial charge in [-0.25, -0.2) is 14.2 Å². The molecular formula is C6H2Cl2FNO2.